The number of hydrogen-bond donors (Lipinski definition) is 1. The highest BCUT2D eigenvalue weighted by Crippen LogP contribution is 2.57. The molecular weight excluding hydrogens is 460 g/mol. The van der Waals surface area contributed by atoms with Gasteiger partial charge in [0.15, 0.2) is 5.78 Å². The monoisotopic (exact) mass is 490 g/mol. The van der Waals surface area contributed by atoms with Gasteiger partial charge in [0.2, 0.25) is 11.8 Å². The molecule has 0 bridgehead atoms. The summed E-state index contributed by atoms with van der Waals surface area (Å²) in [5, 5.41) is 0. The van der Waals surface area contributed by atoms with E-state index in [1.165, 1.54) is 0 Å². The molecule has 1 aromatic carbocycles. The van der Waals surface area contributed by atoms with Crippen molar-refractivity contribution >= 4 is 23.3 Å². The van der Waals surface area contributed by atoms with Crippen molar-refractivity contribution in [2.45, 2.75) is 51.4 Å². The van der Waals surface area contributed by atoms with Crippen LogP contribution in [0.3, 0.4) is 0 Å². The minimum absolute atomic E-state index is 0.0824. The molecule has 5 rings (SSSR count). The first-order chi connectivity index (χ1) is 17.3. The first-order valence-corrected chi connectivity index (χ1v) is 12.4. The van der Waals surface area contributed by atoms with E-state index in [0.717, 1.165) is 6.42 Å². The Morgan fingerprint density at radius 2 is 1.97 bits per heavy atom. The van der Waals surface area contributed by atoms with Crippen LogP contribution in [0.25, 0.3) is 0 Å². The van der Waals surface area contributed by atoms with Crippen LogP contribution in [0.2, 0.25) is 0 Å². The zero-order valence-electron chi connectivity index (χ0n) is 20.7. The largest absolute Gasteiger partial charge is 0.469 e. The molecule has 3 heterocycles. The molecule has 8 nitrogen and oxygen atoms in total. The summed E-state index contributed by atoms with van der Waals surface area (Å²) in [6, 6.07) is 10.9. The number of ether oxygens (including phenoxy) is 2. The van der Waals surface area contributed by atoms with Crippen LogP contribution in [0, 0.1) is 5.92 Å². The van der Waals surface area contributed by atoms with Gasteiger partial charge in [-0.15, -0.1) is 0 Å². The molecule has 36 heavy (non-hydrogen) atoms. The first-order valence-electron chi connectivity index (χ1n) is 12.4. The molecule has 2 atom stereocenters. The number of esters is 1. The smallest absolute Gasteiger partial charge is 0.341 e. The Labute approximate surface area is 209 Å². The van der Waals surface area contributed by atoms with Gasteiger partial charge >= 0.3 is 5.97 Å². The summed E-state index contributed by atoms with van der Waals surface area (Å²) in [6.45, 7) is 6.36. The lowest BCUT2D eigenvalue weighted by atomic mass is 9.63. The number of furan rings is 1. The van der Waals surface area contributed by atoms with E-state index in [4.69, 9.17) is 19.6 Å². The van der Waals surface area contributed by atoms with E-state index in [0.29, 0.717) is 41.7 Å². The van der Waals surface area contributed by atoms with Crippen molar-refractivity contribution in [2.24, 2.45) is 11.7 Å². The highest BCUT2D eigenvalue weighted by atomic mass is 16.5. The van der Waals surface area contributed by atoms with E-state index in [2.05, 4.69) is 13.8 Å². The Hall–Kier alpha value is -3.81. The second-order valence-electron chi connectivity index (χ2n) is 9.81. The maximum absolute atomic E-state index is 14.5. The zero-order chi connectivity index (χ0) is 25.6. The maximum atomic E-state index is 14.5. The average molecular weight is 491 g/mol. The predicted octanol–water partition coefficient (Wildman–Crippen LogP) is 4.07. The molecule has 0 saturated carbocycles. The van der Waals surface area contributed by atoms with Gasteiger partial charge in [0.1, 0.15) is 22.5 Å². The van der Waals surface area contributed by atoms with Crippen molar-refractivity contribution < 1.29 is 28.3 Å². The molecule has 1 amide bonds. The van der Waals surface area contributed by atoms with E-state index in [-0.39, 0.29) is 47.7 Å². The Balaban J connectivity index is 1.74. The van der Waals surface area contributed by atoms with Crippen molar-refractivity contribution in [3.8, 4) is 0 Å². The van der Waals surface area contributed by atoms with E-state index in [9.17, 15) is 14.4 Å². The highest BCUT2D eigenvalue weighted by molar-refractivity contribution is 6.23. The Kier molecular flexibility index (Phi) is 5.98. The number of carbonyl (C=O) groups is 3. The summed E-state index contributed by atoms with van der Waals surface area (Å²) in [4.78, 5) is 43.4. The van der Waals surface area contributed by atoms with Crippen molar-refractivity contribution in [3.63, 3.8) is 0 Å². The van der Waals surface area contributed by atoms with Crippen LogP contribution in [0.5, 0.6) is 0 Å². The van der Waals surface area contributed by atoms with Crippen molar-refractivity contribution in [1.82, 2.24) is 0 Å². The number of allylic oxidation sites excluding steroid dienone is 1. The quantitative estimate of drug-likeness (QED) is 0.608. The van der Waals surface area contributed by atoms with Crippen LogP contribution >= 0.6 is 0 Å². The summed E-state index contributed by atoms with van der Waals surface area (Å²) in [5.41, 5.74) is 5.92. The van der Waals surface area contributed by atoms with Gasteiger partial charge in [-0.2, -0.15) is 0 Å². The molecule has 0 unspecified atom stereocenters. The summed E-state index contributed by atoms with van der Waals surface area (Å²) in [7, 11) is 0. The van der Waals surface area contributed by atoms with Crippen molar-refractivity contribution in [2.75, 3.05) is 18.1 Å². The summed E-state index contributed by atoms with van der Waals surface area (Å²) in [6.07, 6.45) is 2.74. The third-order valence-electron chi connectivity index (χ3n) is 7.17. The molecule has 3 aliphatic rings. The fraction of sp³-hybridized carbons (Fsp3) is 0.393. The average Bonchev–Trinajstić information content (AvgIpc) is 3.45. The molecule has 1 spiro atoms. The number of carbonyl (C=O) groups excluding carboxylic acids is 3. The van der Waals surface area contributed by atoms with Gasteiger partial charge < -0.3 is 24.5 Å². The summed E-state index contributed by atoms with van der Waals surface area (Å²) in [5.74, 6) is -0.595. The molecule has 2 aromatic rings. The number of fused-ring (bicyclic) bond motifs is 3. The number of benzene rings is 1. The molecule has 0 saturated heterocycles. The molecule has 0 fully saturated rings. The lowest BCUT2D eigenvalue weighted by molar-refractivity contribution is -0.141. The van der Waals surface area contributed by atoms with E-state index >= 15 is 0 Å². The lowest BCUT2D eigenvalue weighted by Gasteiger charge is -2.40. The second-order valence-corrected chi connectivity index (χ2v) is 9.81. The standard InChI is InChI=1S/C28H30N2O6/c1-4-34-26(32)24-25(29)36-22-15-17(21-10-7-13-35-21)14-20(31)23(22)28(24)18-8-5-6-9-19(18)30(27(28)33)12-11-16(2)3/h5-10,13,16-17H,4,11-12,14-15,29H2,1-3H3/t17-,28+/m0/s1. The molecule has 0 radical (unpaired) electrons. The van der Waals surface area contributed by atoms with Gasteiger partial charge in [0, 0.05) is 36.6 Å². The van der Waals surface area contributed by atoms with Gasteiger partial charge in [-0.05, 0) is 37.5 Å². The molecule has 8 heteroatoms. The van der Waals surface area contributed by atoms with Gasteiger partial charge in [0.25, 0.3) is 0 Å². The van der Waals surface area contributed by atoms with E-state index < -0.39 is 11.4 Å². The molecule has 1 aliphatic carbocycles. The number of hydrogen-bond acceptors (Lipinski definition) is 7. The number of rotatable bonds is 6. The number of para-hydroxylation sites is 1. The topological polar surface area (TPSA) is 112 Å². The summed E-state index contributed by atoms with van der Waals surface area (Å²) >= 11 is 0. The van der Waals surface area contributed by atoms with E-state index in [1.807, 2.05) is 18.2 Å². The number of ketones is 1. The third-order valence-corrected chi connectivity index (χ3v) is 7.17. The molecular formula is C28H30N2O6. The Morgan fingerprint density at radius 3 is 2.67 bits per heavy atom. The van der Waals surface area contributed by atoms with Crippen molar-refractivity contribution in [1.29, 1.82) is 0 Å². The number of Topliss-reactive ketones (excluding diaryl/α,β-unsaturated/α-hetero) is 1. The fourth-order valence-corrected chi connectivity index (χ4v) is 5.61. The minimum atomic E-state index is -1.72. The Bertz CT molecular complexity index is 1290. The van der Waals surface area contributed by atoms with Crippen LogP contribution < -0.4 is 10.6 Å². The first kappa shape index (κ1) is 23.9. The number of nitrogens with two attached hydrogens (primary N) is 1. The van der Waals surface area contributed by atoms with Gasteiger partial charge in [-0.25, -0.2) is 4.79 Å². The number of anilines is 1. The molecule has 1 aromatic heterocycles. The predicted molar refractivity (Wildman–Crippen MR) is 132 cm³/mol. The van der Waals surface area contributed by atoms with Gasteiger partial charge in [0.05, 0.1) is 18.4 Å². The Morgan fingerprint density at radius 1 is 1.19 bits per heavy atom. The SMILES string of the molecule is CCOC(=O)C1=C(N)OC2=C(C(=O)C[C@H](c3ccco3)C2)[C@@]12C(=O)N(CCC(C)C)c1ccccc12. The van der Waals surface area contributed by atoms with Gasteiger partial charge in [-0.1, -0.05) is 32.0 Å². The lowest BCUT2D eigenvalue weighted by Crippen LogP contribution is -2.51. The van der Waals surface area contributed by atoms with Crippen molar-refractivity contribution in [3.05, 3.63) is 76.8 Å². The zero-order valence-corrected chi connectivity index (χ0v) is 20.7. The van der Waals surface area contributed by atoms with Crippen LogP contribution in [-0.2, 0) is 29.3 Å². The normalized spacial score (nSPS) is 23.3. The second kappa shape index (κ2) is 9.00. The molecule has 2 aliphatic heterocycles. The number of nitrogens with zero attached hydrogens (tertiary/aromatic N) is 1. The van der Waals surface area contributed by atoms with Crippen LogP contribution in [0.4, 0.5) is 5.69 Å². The third kappa shape index (κ3) is 3.46. The summed E-state index contributed by atoms with van der Waals surface area (Å²) < 4.78 is 16.9. The maximum Gasteiger partial charge on any atom is 0.341 e. The molecule has 188 valence electrons. The van der Waals surface area contributed by atoms with E-state index in [1.54, 1.807) is 36.3 Å². The fourth-order valence-electron chi connectivity index (χ4n) is 5.61. The number of amides is 1. The van der Waals surface area contributed by atoms with Crippen LogP contribution in [-0.4, -0.2) is 30.8 Å². The van der Waals surface area contributed by atoms with Crippen LogP contribution in [0.15, 0.2) is 69.9 Å². The minimum Gasteiger partial charge on any atom is -0.469 e. The van der Waals surface area contributed by atoms with Crippen LogP contribution in [0.1, 0.15) is 57.3 Å². The van der Waals surface area contributed by atoms with Gasteiger partial charge in [-0.3, -0.25) is 9.59 Å². The highest BCUT2D eigenvalue weighted by Gasteiger charge is 2.64. The molecule has 2 N–H and O–H groups in total.